The first-order valence-corrected chi connectivity index (χ1v) is 8.26. The Kier molecular flexibility index (Phi) is 4.53. The van der Waals surface area contributed by atoms with E-state index in [4.69, 9.17) is 4.98 Å². The predicted octanol–water partition coefficient (Wildman–Crippen LogP) is 4.04. The van der Waals surface area contributed by atoms with Gasteiger partial charge in [0.1, 0.15) is 0 Å². The van der Waals surface area contributed by atoms with Gasteiger partial charge in [-0.1, -0.05) is 6.07 Å². The van der Waals surface area contributed by atoms with Crippen molar-refractivity contribution in [1.82, 2.24) is 14.9 Å². The van der Waals surface area contributed by atoms with Gasteiger partial charge >= 0.3 is 0 Å². The Bertz CT molecular complexity index is 611. The molecule has 0 spiro atoms. The second-order valence-electron chi connectivity index (χ2n) is 6.56. The SMILES string of the molecule is Cc1cc(-c2ccc(C3CCN(C(C)C)CC3)nc2)ccn1. The molecule has 1 aliphatic rings. The molecule has 116 valence electrons. The molecule has 22 heavy (non-hydrogen) atoms. The lowest BCUT2D eigenvalue weighted by atomic mass is 9.92. The van der Waals surface area contributed by atoms with Crippen molar-refractivity contribution in [3.63, 3.8) is 0 Å². The normalized spacial score (nSPS) is 17.1. The van der Waals surface area contributed by atoms with Crippen LogP contribution < -0.4 is 0 Å². The molecule has 0 atom stereocenters. The summed E-state index contributed by atoms with van der Waals surface area (Å²) in [6, 6.07) is 9.22. The molecule has 0 bridgehead atoms. The number of nitrogens with zero attached hydrogens (tertiary/aromatic N) is 3. The van der Waals surface area contributed by atoms with Gasteiger partial charge in [-0.15, -0.1) is 0 Å². The Morgan fingerprint density at radius 3 is 2.41 bits per heavy atom. The van der Waals surface area contributed by atoms with Gasteiger partial charge in [-0.05, 0) is 70.5 Å². The first kappa shape index (κ1) is 15.2. The first-order chi connectivity index (χ1) is 10.6. The van der Waals surface area contributed by atoms with Crippen molar-refractivity contribution < 1.29 is 0 Å². The molecular weight excluding hydrogens is 270 g/mol. The van der Waals surface area contributed by atoms with Gasteiger partial charge in [-0.3, -0.25) is 9.97 Å². The van der Waals surface area contributed by atoms with Crippen molar-refractivity contribution in [1.29, 1.82) is 0 Å². The Morgan fingerprint density at radius 1 is 1.05 bits per heavy atom. The van der Waals surface area contributed by atoms with Crippen molar-refractivity contribution in [2.75, 3.05) is 13.1 Å². The molecule has 1 saturated heterocycles. The van der Waals surface area contributed by atoms with Crippen LogP contribution in [0.4, 0.5) is 0 Å². The van der Waals surface area contributed by atoms with E-state index in [-0.39, 0.29) is 0 Å². The third kappa shape index (κ3) is 3.36. The van der Waals surface area contributed by atoms with Crippen molar-refractivity contribution >= 4 is 0 Å². The average Bonchev–Trinajstić information content (AvgIpc) is 2.55. The van der Waals surface area contributed by atoms with Gasteiger partial charge in [0.25, 0.3) is 0 Å². The number of rotatable bonds is 3. The third-order valence-electron chi connectivity index (χ3n) is 4.69. The fourth-order valence-electron chi connectivity index (χ4n) is 3.25. The zero-order valence-electron chi connectivity index (χ0n) is 13.8. The number of hydrogen-bond acceptors (Lipinski definition) is 3. The molecule has 3 nitrogen and oxygen atoms in total. The van der Waals surface area contributed by atoms with Crippen LogP contribution in [0, 0.1) is 6.92 Å². The largest absolute Gasteiger partial charge is 0.301 e. The molecule has 0 radical (unpaired) electrons. The highest BCUT2D eigenvalue weighted by Crippen LogP contribution is 2.28. The van der Waals surface area contributed by atoms with Crippen LogP contribution in [0.5, 0.6) is 0 Å². The quantitative estimate of drug-likeness (QED) is 0.855. The molecule has 0 amide bonds. The molecule has 2 aromatic rings. The molecule has 3 heteroatoms. The van der Waals surface area contributed by atoms with E-state index in [1.54, 1.807) is 0 Å². The lowest BCUT2D eigenvalue weighted by molar-refractivity contribution is 0.171. The molecule has 0 saturated carbocycles. The second kappa shape index (κ2) is 6.57. The summed E-state index contributed by atoms with van der Waals surface area (Å²) >= 11 is 0. The summed E-state index contributed by atoms with van der Waals surface area (Å²) in [5, 5.41) is 0. The highest BCUT2D eigenvalue weighted by atomic mass is 15.1. The van der Waals surface area contributed by atoms with Crippen LogP contribution in [0.3, 0.4) is 0 Å². The van der Waals surface area contributed by atoms with Crippen molar-refractivity contribution in [2.45, 2.75) is 45.6 Å². The summed E-state index contributed by atoms with van der Waals surface area (Å²) in [5.41, 5.74) is 4.66. The van der Waals surface area contributed by atoms with Crippen LogP contribution in [0.1, 0.15) is 44.0 Å². The van der Waals surface area contributed by atoms with E-state index in [1.165, 1.54) is 42.8 Å². The molecule has 1 fully saturated rings. The van der Waals surface area contributed by atoms with Crippen LogP contribution in [0.25, 0.3) is 11.1 Å². The molecule has 0 aliphatic carbocycles. The fourth-order valence-corrected chi connectivity index (χ4v) is 3.25. The second-order valence-corrected chi connectivity index (χ2v) is 6.56. The smallest absolute Gasteiger partial charge is 0.0435 e. The summed E-state index contributed by atoms with van der Waals surface area (Å²) in [4.78, 5) is 11.6. The maximum Gasteiger partial charge on any atom is 0.0435 e. The standard InChI is InChI=1S/C19H25N3/c1-14(2)22-10-7-16(8-11-22)19-5-4-18(13-21-19)17-6-9-20-15(3)12-17/h4-6,9,12-14,16H,7-8,10-11H2,1-3H3. The number of aryl methyl sites for hydroxylation is 1. The number of pyridine rings is 2. The van der Waals surface area contributed by atoms with E-state index in [0.717, 1.165) is 5.69 Å². The molecule has 3 heterocycles. The minimum atomic E-state index is 0.614. The summed E-state index contributed by atoms with van der Waals surface area (Å²) in [6.45, 7) is 8.96. The first-order valence-electron chi connectivity index (χ1n) is 8.26. The topological polar surface area (TPSA) is 29.0 Å². The molecule has 1 aliphatic heterocycles. The molecular formula is C19H25N3. The van der Waals surface area contributed by atoms with E-state index in [9.17, 15) is 0 Å². The zero-order valence-corrected chi connectivity index (χ0v) is 13.8. The summed E-state index contributed by atoms with van der Waals surface area (Å²) in [7, 11) is 0. The van der Waals surface area contributed by atoms with Crippen LogP contribution in [0.2, 0.25) is 0 Å². The molecule has 2 aromatic heterocycles. The fraction of sp³-hybridized carbons (Fsp3) is 0.474. The Morgan fingerprint density at radius 2 is 1.82 bits per heavy atom. The molecule has 3 rings (SSSR count). The van der Waals surface area contributed by atoms with E-state index >= 15 is 0 Å². The monoisotopic (exact) mass is 295 g/mol. The van der Waals surface area contributed by atoms with E-state index in [2.05, 4.69) is 41.9 Å². The van der Waals surface area contributed by atoms with Crippen LogP contribution in [-0.2, 0) is 0 Å². The molecule has 0 aromatic carbocycles. The van der Waals surface area contributed by atoms with Gasteiger partial charge in [-0.25, -0.2) is 0 Å². The van der Waals surface area contributed by atoms with Gasteiger partial charge in [-0.2, -0.15) is 0 Å². The van der Waals surface area contributed by atoms with E-state index < -0.39 is 0 Å². The number of likely N-dealkylation sites (tertiary alicyclic amines) is 1. The average molecular weight is 295 g/mol. The van der Waals surface area contributed by atoms with Crippen LogP contribution in [0.15, 0.2) is 36.7 Å². The lowest BCUT2D eigenvalue weighted by Crippen LogP contribution is -2.37. The van der Waals surface area contributed by atoms with Gasteiger partial charge in [0.05, 0.1) is 0 Å². The maximum absolute atomic E-state index is 4.74. The highest BCUT2D eigenvalue weighted by Gasteiger charge is 2.22. The maximum atomic E-state index is 4.74. The van der Waals surface area contributed by atoms with Crippen molar-refractivity contribution in [3.05, 3.63) is 48.0 Å². The van der Waals surface area contributed by atoms with Gasteiger partial charge in [0.2, 0.25) is 0 Å². The Hall–Kier alpha value is -1.74. The zero-order chi connectivity index (χ0) is 15.5. The number of hydrogen-bond donors (Lipinski definition) is 0. The van der Waals surface area contributed by atoms with Gasteiger partial charge in [0, 0.05) is 41.3 Å². The van der Waals surface area contributed by atoms with Crippen molar-refractivity contribution in [3.8, 4) is 11.1 Å². The molecule has 0 N–H and O–H groups in total. The highest BCUT2D eigenvalue weighted by molar-refractivity contribution is 5.62. The summed E-state index contributed by atoms with van der Waals surface area (Å²) in [6.07, 6.45) is 6.32. The van der Waals surface area contributed by atoms with Crippen molar-refractivity contribution in [2.24, 2.45) is 0 Å². The Balaban J connectivity index is 1.70. The van der Waals surface area contributed by atoms with E-state index in [1.807, 2.05) is 25.4 Å². The van der Waals surface area contributed by atoms with Gasteiger partial charge < -0.3 is 4.90 Å². The van der Waals surface area contributed by atoms with Crippen LogP contribution in [-0.4, -0.2) is 34.0 Å². The van der Waals surface area contributed by atoms with Crippen LogP contribution >= 0.6 is 0 Å². The number of aromatic nitrogens is 2. The third-order valence-corrected chi connectivity index (χ3v) is 4.69. The number of piperidine rings is 1. The van der Waals surface area contributed by atoms with E-state index in [0.29, 0.717) is 12.0 Å². The summed E-state index contributed by atoms with van der Waals surface area (Å²) < 4.78 is 0. The minimum Gasteiger partial charge on any atom is -0.301 e. The predicted molar refractivity (Wildman–Crippen MR) is 90.9 cm³/mol. The summed E-state index contributed by atoms with van der Waals surface area (Å²) in [5.74, 6) is 0.614. The molecule has 0 unspecified atom stereocenters. The Labute approximate surface area is 133 Å². The lowest BCUT2D eigenvalue weighted by Gasteiger charge is -2.34. The minimum absolute atomic E-state index is 0.614. The van der Waals surface area contributed by atoms with Gasteiger partial charge in [0.15, 0.2) is 0 Å².